The Bertz CT molecular complexity index is 997. The third-order valence-corrected chi connectivity index (χ3v) is 11.3. The lowest BCUT2D eigenvalue weighted by Crippen LogP contribution is -2.30. The molecule has 1 unspecified atom stereocenters. The highest BCUT2D eigenvalue weighted by Crippen LogP contribution is 2.14. The van der Waals surface area contributed by atoms with Crippen molar-refractivity contribution in [2.75, 3.05) is 19.8 Å². The van der Waals surface area contributed by atoms with Gasteiger partial charge < -0.3 is 14.2 Å². The molecule has 0 aromatic heterocycles. The zero-order valence-electron chi connectivity index (χ0n) is 40.2. The van der Waals surface area contributed by atoms with Gasteiger partial charge in [-0.3, -0.25) is 9.59 Å². The van der Waals surface area contributed by atoms with Gasteiger partial charge in [0.25, 0.3) is 0 Å². The maximum atomic E-state index is 12.8. The number of allylic oxidation sites excluding steroid dienone is 8. The Morgan fingerprint density at radius 2 is 0.700 bits per heavy atom. The zero-order valence-corrected chi connectivity index (χ0v) is 40.2. The first-order valence-electron chi connectivity index (χ1n) is 26.2. The molecule has 0 rings (SSSR count). The number of ether oxygens (including phenoxy) is 3. The SMILES string of the molecule is CCCCC/C=C\C/C=C\CCCCCCCCCCCC(=O)OCC(COCCCCCCCCCCCC)OC(=O)CCCCCCC/C=C\C/C=C\CCCCC. The molecular weight excluding hydrogens is 741 g/mol. The summed E-state index contributed by atoms with van der Waals surface area (Å²) in [4.78, 5) is 25.4. The highest BCUT2D eigenvalue weighted by Gasteiger charge is 2.17. The molecule has 0 saturated heterocycles. The topological polar surface area (TPSA) is 61.8 Å². The minimum Gasteiger partial charge on any atom is -0.462 e. The minimum atomic E-state index is -0.541. The first kappa shape index (κ1) is 57.9. The Labute approximate surface area is 373 Å². The maximum absolute atomic E-state index is 12.8. The predicted molar refractivity (Wildman–Crippen MR) is 261 cm³/mol. The van der Waals surface area contributed by atoms with E-state index in [-0.39, 0.29) is 25.2 Å². The average Bonchev–Trinajstić information content (AvgIpc) is 3.25. The van der Waals surface area contributed by atoms with Gasteiger partial charge in [-0.05, 0) is 83.5 Å². The molecule has 0 aliphatic heterocycles. The van der Waals surface area contributed by atoms with E-state index >= 15 is 0 Å². The molecule has 350 valence electrons. The van der Waals surface area contributed by atoms with E-state index in [0.717, 1.165) is 64.2 Å². The van der Waals surface area contributed by atoms with Crippen LogP contribution in [-0.4, -0.2) is 37.9 Å². The molecule has 5 nitrogen and oxygen atoms in total. The Kier molecular flexibility index (Phi) is 49.4. The summed E-state index contributed by atoms with van der Waals surface area (Å²) in [5, 5.41) is 0. The van der Waals surface area contributed by atoms with Gasteiger partial charge in [-0.15, -0.1) is 0 Å². The second-order valence-corrected chi connectivity index (χ2v) is 17.4. The van der Waals surface area contributed by atoms with Crippen molar-refractivity contribution in [3.05, 3.63) is 48.6 Å². The summed E-state index contributed by atoms with van der Waals surface area (Å²) in [6, 6.07) is 0. The molecule has 0 aromatic rings. The molecule has 0 bridgehead atoms. The van der Waals surface area contributed by atoms with E-state index in [1.54, 1.807) is 0 Å². The van der Waals surface area contributed by atoms with Crippen LogP contribution in [0.2, 0.25) is 0 Å². The zero-order chi connectivity index (χ0) is 43.5. The van der Waals surface area contributed by atoms with Crippen LogP contribution >= 0.6 is 0 Å². The first-order valence-corrected chi connectivity index (χ1v) is 26.2. The molecule has 0 heterocycles. The van der Waals surface area contributed by atoms with Gasteiger partial charge in [0.05, 0.1) is 6.61 Å². The lowest BCUT2D eigenvalue weighted by Gasteiger charge is -2.18. The molecule has 0 amide bonds. The van der Waals surface area contributed by atoms with Crippen LogP contribution in [0.3, 0.4) is 0 Å². The van der Waals surface area contributed by atoms with Gasteiger partial charge in [0.2, 0.25) is 0 Å². The maximum Gasteiger partial charge on any atom is 0.306 e. The molecular formula is C55H100O5. The summed E-state index contributed by atoms with van der Waals surface area (Å²) in [5.74, 6) is -0.408. The number of unbranched alkanes of at least 4 members (excludes halogenated alkanes) is 29. The molecule has 0 spiro atoms. The highest BCUT2D eigenvalue weighted by molar-refractivity contribution is 5.70. The molecule has 1 atom stereocenters. The Morgan fingerprint density at radius 3 is 1.13 bits per heavy atom. The summed E-state index contributed by atoms with van der Waals surface area (Å²) in [6.45, 7) is 7.78. The van der Waals surface area contributed by atoms with Gasteiger partial charge in [0.1, 0.15) is 6.61 Å². The fraction of sp³-hybridized carbons (Fsp3) is 0.818. The van der Waals surface area contributed by atoms with Gasteiger partial charge in [-0.25, -0.2) is 0 Å². The second-order valence-electron chi connectivity index (χ2n) is 17.4. The van der Waals surface area contributed by atoms with Crippen molar-refractivity contribution in [3.8, 4) is 0 Å². The van der Waals surface area contributed by atoms with Gasteiger partial charge in [0.15, 0.2) is 6.10 Å². The molecule has 0 N–H and O–H groups in total. The standard InChI is InChI=1S/C55H100O5/c1-4-7-10-13-16-19-22-24-26-27-28-29-31-32-34-36-39-42-45-48-54(56)59-52-53(51-58-50-47-44-41-38-21-18-15-12-9-6-3)60-55(57)49-46-43-40-37-35-33-30-25-23-20-17-14-11-8-5-2/h16-17,19-20,24-26,30,53H,4-15,18,21-23,27-29,31-52H2,1-3H3/b19-16-,20-17-,26-24-,30-25-. The van der Waals surface area contributed by atoms with Crippen LogP contribution in [-0.2, 0) is 23.8 Å². The molecule has 0 saturated carbocycles. The largest absolute Gasteiger partial charge is 0.462 e. The monoisotopic (exact) mass is 841 g/mol. The Balaban J connectivity index is 4.21. The molecule has 0 aliphatic rings. The second kappa shape index (κ2) is 51.2. The van der Waals surface area contributed by atoms with E-state index in [4.69, 9.17) is 14.2 Å². The third-order valence-electron chi connectivity index (χ3n) is 11.3. The Morgan fingerprint density at radius 1 is 0.367 bits per heavy atom. The smallest absolute Gasteiger partial charge is 0.306 e. The highest BCUT2D eigenvalue weighted by atomic mass is 16.6. The van der Waals surface area contributed by atoms with E-state index in [9.17, 15) is 9.59 Å². The average molecular weight is 841 g/mol. The third kappa shape index (κ3) is 48.5. The number of esters is 2. The predicted octanol–water partition coefficient (Wildman–Crippen LogP) is 17.6. The van der Waals surface area contributed by atoms with Crippen LogP contribution in [0, 0.1) is 0 Å². The van der Waals surface area contributed by atoms with Crippen LogP contribution in [0.5, 0.6) is 0 Å². The van der Waals surface area contributed by atoms with E-state index in [1.807, 2.05) is 0 Å². The summed E-state index contributed by atoms with van der Waals surface area (Å²) in [5.41, 5.74) is 0. The van der Waals surface area contributed by atoms with E-state index in [0.29, 0.717) is 19.4 Å². The molecule has 0 radical (unpaired) electrons. The van der Waals surface area contributed by atoms with Crippen LogP contribution in [0.4, 0.5) is 0 Å². The van der Waals surface area contributed by atoms with Crippen LogP contribution in [0.25, 0.3) is 0 Å². The lowest BCUT2D eigenvalue weighted by atomic mass is 10.1. The van der Waals surface area contributed by atoms with Crippen molar-refractivity contribution in [2.24, 2.45) is 0 Å². The number of carbonyl (C=O) groups is 2. The fourth-order valence-corrected chi connectivity index (χ4v) is 7.39. The van der Waals surface area contributed by atoms with Crippen molar-refractivity contribution >= 4 is 11.9 Å². The van der Waals surface area contributed by atoms with Gasteiger partial charge in [0, 0.05) is 19.4 Å². The van der Waals surface area contributed by atoms with Crippen molar-refractivity contribution in [3.63, 3.8) is 0 Å². The van der Waals surface area contributed by atoms with Crippen molar-refractivity contribution in [2.45, 2.75) is 271 Å². The fourth-order valence-electron chi connectivity index (χ4n) is 7.39. The molecule has 5 heteroatoms. The van der Waals surface area contributed by atoms with Gasteiger partial charge >= 0.3 is 11.9 Å². The minimum absolute atomic E-state index is 0.0801. The molecule has 0 aliphatic carbocycles. The molecule has 60 heavy (non-hydrogen) atoms. The van der Waals surface area contributed by atoms with Crippen molar-refractivity contribution in [1.82, 2.24) is 0 Å². The van der Waals surface area contributed by atoms with Crippen LogP contribution in [0.1, 0.15) is 265 Å². The lowest BCUT2D eigenvalue weighted by molar-refractivity contribution is -0.163. The summed E-state index contributed by atoms with van der Waals surface area (Å²) < 4.78 is 17.4. The van der Waals surface area contributed by atoms with E-state index in [2.05, 4.69) is 69.4 Å². The molecule has 0 fully saturated rings. The number of hydrogen-bond donors (Lipinski definition) is 0. The number of hydrogen-bond acceptors (Lipinski definition) is 5. The number of carbonyl (C=O) groups excluding carboxylic acids is 2. The quantitative estimate of drug-likeness (QED) is 0.0347. The van der Waals surface area contributed by atoms with Crippen molar-refractivity contribution < 1.29 is 23.8 Å². The van der Waals surface area contributed by atoms with Crippen LogP contribution < -0.4 is 0 Å². The number of rotatable bonds is 48. The van der Waals surface area contributed by atoms with Gasteiger partial charge in [-0.2, -0.15) is 0 Å². The summed E-state index contributed by atoms with van der Waals surface area (Å²) in [7, 11) is 0. The van der Waals surface area contributed by atoms with E-state index < -0.39 is 6.10 Å². The van der Waals surface area contributed by atoms with Gasteiger partial charge in [-0.1, -0.05) is 217 Å². The van der Waals surface area contributed by atoms with Crippen molar-refractivity contribution in [1.29, 1.82) is 0 Å². The van der Waals surface area contributed by atoms with Crippen LogP contribution in [0.15, 0.2) is 48.6 Å². The Hall–Kier alpha value is -2.14. The summed E-state index contributed by atoms with van der Waals surface area (Å²) in [6.07, 6.45) is 62.5. The normalized spacial score (nSPS) is 12.5. The summed E-state index contributed by atoms with van der Waals surface area (Å²) >= 11 is 0. The molecule has 0 aromatic carbocycles. The first-order chi connectivity index (χ1) is 29.6. The van der Waals surface area contributed by atoms with E-state index in [1.165, 1.54) is 167 Å².